The molecular formula is C20H20BrN. The lowest BCUT2D eigenvalue weighted by molar-refractivity contribution is 0.590. The van der Waals surface area contributed by atoms with Crippen molar-refractivity contribution in [2.24, 2.45) is 0 Å². The van der Waals surface area contributed by atoms with Crippen LogP contribution in [-0.4, -0.2) is 4.98 Å². The molecule has 0 bridgehead atoms. The smallest absolute Gasteiger partial charge is 0.0593 e. The van der Waals surface area contributed by atoms with E-state index in [1.807, 2.05) is 6.20 Å². The Kier molecular flexibility index (Phi) is 4.05. The van der Waals surface area contributed by atoms with E-state index in [1.165, 1.54) is 27.5 Å². The Morgan fingerprint density at radius 2 is 1.64 bits per heavy atom. The molecule has 1 nitrogen and oxygen atoms in total. The molecule has 1 aromatic heterocycles. The molecule has 0 atom stereocenters. The first-order chi connectivity index (χ1) is 10.5. The van der Waals surface area contributed by atoms with Crippen LogP contribution in [0.1, 0.15) is 32.0 Å². The molecule has 2 aromatic carbocycles. The molecule has 2 heteroatoms. The quantitative estimate of drug-likeness (QED) is 0.507. The summed E-state index contributed by atoms with van der Waals surface area (Å²) in [6.45, 7) is 6.72. The van der Waals surface area contributed by atoms with Gasteiger partial charge in [-0.3, -0.25) is 4.98 Å². The molecule has 0 aliphatic heterocycles. The monoisotopic (exact) mass is 353 g/mol. The van der Waals surface area contributed by atoms with Crippen LogP contribution in [0.2, 0.25) is 0 Å². The average molecular weight is 354 g/mol. The van der Waals surface area contributed by atoms with E-state index >= 15 is 0 Å². The van der Waals surface area contributed by atoms with Crippen molar-refractivity contribution in [2.75, 3.05) is 0 Å². The number of hydrogen-bond donors (Lipinski definition) is 0. The van der Waals surface area contributed by atoms with Gasteiger partial charge in [-0.1, -0.05) is 85.2 Å². The topological polar surface area (TPSA) is 12.9 Å². The minimum atomic E-state index is 0.174. The first-order valence-electron chi connectivity index (χ1n) is 7.54. The van der Waals surface area contributed by atoms with Gasteiger partial charge in [0, 0.05) is 22.5 Å². The van der Waals surface area contributed by atoms with E-state index in [1.54, 1.807) is 0 Å². The third-order valence-electron chi connectivity index (χ3n) is 4.04. The summed E-state index contributed by atoms with van der Waals surface area (Å²) in [4.78, 5) is 4.63. The zero-order chi connectivity index (χ0) is 15.7. The van der Waals surface area contributed by atoms with Crippen molar-refractivity contribution < 1.29 is 0 Å². The molecule has 0 aliphatic rings. The van der Waals surface area contributed by atoms with Crippen LogP contribution in [0.4, 0.5) is 0 Å². The van der Waals surface area contributed by atoms with Crippen molar-refractivity contribution >= 4 is 26.7 Å². The lowest BCUT2D eigenvalue weighted by atomic mass is 9.86. The first kappa shape index (κ1) is 15.2. The highest BCUT2D eigenvalue weighted by atomic mass is 79.9. The van der Waals surface area contributed by atoms with Crippen molar-refractivity contribution in [3.63, 3.8) is 0 Å². The molecule has 3 rings (SSSR count). The van der Waals surface area contributed by atoms with Crippen LogP contribution in [0.25, 0.3) is 21.9 Å². The average Bonchev–Trinajstić information content (AvgIpc) is 2.53. The predicted molar refractivity (Wildman–Crippen MR) is 98.5 cm³/mol. The van der Waals surface area contributed by atoms with E-state index in [-0.39, 0.29) is 5.41 Å². The second-order valence-electron chi connectivity index (χ2n) is 6.63. The third kappa shape index (κ3) is 2.80. The van der Waals surface area contributed by atoms with Gasteiger partial charge in [-0.25, -0.2) is 0 Å². The summed E-state index contributed by atoms with van der Waals surface area (Å²) in [6, 6.07) is 17.3. The number of nitrogens with zero attached hydrogens (tertiary/aromatic N) is 1. The Morgan fingerprint density at radius 1 is 0.955 bits per heavy atom. The molecule has 0 unspecified atom stereocenters. The molecule has 22 heavy (non-hydrogen) atoms. The Balaban J connectivity index is 2.20. The number of fused-ring (bicyclic) bond motifs is 1. The molecular weight excluding hydrogens is 334 g/mol. The van der Waals surface area contributed by atoms with E-state index in [0.717, 1.165) is 11.0 Å². The summed E-state index contributed by atoms with van der Waals surface area (Å²) in [5.41, 5.74) is 5.07. The van der Waals surface area contributed by atoms with Gasteiger partial charge in [-0.2, -0.15) is 0 Å². The van der Waals surface area contributed by atoms with Gasteiger partial charge in [0.25, 0.3) is 0 Å². The van der Waals surface area contributed by atoms with E-state index in [9.17, 15) is 0 Å². The van der Waals surface area contributed by atoms with Crippen LogP contribution in [0.5, 0.6) is 0 Å². The number of benzene rings is 2. The zero-order valence-electron chi connectivity index (χ0n) is 13.2. The Morgan fingerprint density at radius 3 is 2.27 bits per heavy atom. The van der Waals surface area contributed by atoms with E-state index in [2.05, 4.69) is 90.2 Å². The second-order valence-corrected chi connectivity index (χ2v) is 7.19. The maximum absolute atomic E-state index is 4.63. The lowest BCUT2D eigenvalue weighted by Gasteiger charge is -2.19. The molecule has 0 saturated heterocycles. The first-order valence-corrected chi connectivity index (χ1v) is 8.66. The van der Waals surface area contributed by atoms with Crippen molar-refractivity contribution in [2.45, 2.75) is 31.5 Å². The minimum absolute atomic E-state index is 0.174. The standard InChI is InChI=1S/C20H20BrN/c1-20(2,3)16-10-8-14(9-11-16)19-17-7-5-4-6-15(17)13-22-18(19)12-21/h4-11,13H,12H2,1-3H3. The summed E-state index contributed by atoms with van der Waals surface area (Å²) in [7, 11) is 0. The van der Waals surface area contributed by atoms with Crippen LogP contribution in [-0.2, 0) is 10.7 Å². The fourth-order valence-electron chi connectivity index (χ4n) is 2.77. The number of aromatic nitrogens is 1. The van der Waals surface area contributed by atoms with Gasteiger partial charge in [-0.05, 0) is 21.9 Å². The molecule has 0 radical (unpaired) electrons. The van der Waals surface area contributed by atoms with Gasteiger partial charge in [0.15, 0.2) is 0 Å². The van der Waals surface area contributed by atoms with Gasteiger partial charge in [0.2, 0.25) is 0 Å². The highest BCUT2D eigenvalue weighted by molar-refractivity contribution is 9.08. The van der Waals surface area contributed by atoms with E-state index in [4.69, 9.17) is 0 Å². The van der Waals surface area contributed by atoms with Crippen LogP contribution < -0.4 is 0 Å². The maximum Gasteiger partial charge on any atom is 0.0593 e. The summed E-state index contributed by atoms with van der Waals surface area (Å²) in [5.74, 6) is 0. The molecule has 0 fully saturated rings. The molecule has 0 N–H and O–H groups in total. The second kappa shape index (κ2) is 5.85. The number of alkyl halides is 1. The Labute approximate surface area is 140 Å². The van der Waals surface area contributed by atoms with Gasteiger partial charge in [0.1, 0.15) is 0 Å². The van der Waals surface area contributed by atoms with Crippen LogP contribution >= 0.6 is 15.9 Å². The molecule has 1 heterocycles. The fraction of sp³-hybridized carbons (Fsp3) is 0.250. The SMILES string of the molecule is CC(C)(C)c1ccc(-c2c(CBr)ncc3ccccc23)cc1. The van der Waals surface area contributed by atoms with E-state index < -0.39 is 0 Å². The zero-order valence-corrected chi connectivity index (χ0v) is 14.8. The summed E-state index contributed by atoms with van der Waals surface area (Å²) in [5, 5.41) is 3.20. The Bertz CT molecular complexity index is 798. The van der Waals surface area contributed by atoms with Crippen molar-refractivity contribution in [1.82, 2.24) is 4.98 Å². The van der Waals surface area contributed by atoms with Gasteiger partial charge in [-0.15, -0.1) is 0 Å². The summed E-state index contributed by atoms with van der Waals surface area (Å²) >= 11 is 3.58. The van der Waals surface area contributed by atoms with Gasteiger partial charge < -0.3 is 0 Å². The summed E-state index contributed by atoms with van der Waals surface area (Å²) in [6.07, 6.45) is 1.96. The highest BCUT2D eigenvalue weighted by Gasteiger charge is 2.15. The normalized spacial score (nSPS) is 11.8. The Hall–Kier alpha value is -1.67. The number of rotatable bonds is 2. The molecule has 0 spiro atoms. The molecule has 0 aliphatic carbocycles. The number of halogens is 1. The predicted octanol–water partition coefficient (Wildman–Crippen LogP) is 6.09. The largest absolute Gasteiger partial charge is 0.259 e. The maximum atomic E-state index is 4.63. The molecule has 112 valence electrons. The van der Waals surface area contributed by atoms with Crippen molar-refractivity contribution in [1.29, 1.82) is 0 Å². The van der Waals surface area contributed by atoms with Crippen molar-refractivity contribution in [3.8, 4) is 11.1 Å². The van der Waals surface area contributed by atoms with Crippen LogP contribution in [0, 0.1) is 0 Å². The van der Waals surface area contributed by atoms with Crippen LogP contribution in [0.3, 0.4) is 0 Å². The van der Waals surface area contributed by atoms with Gasteiger partial charge in [0.05, 0.1) is 5.69 Å². The molecule has 0 saturated carbocycles. The van der Waals surface area contributed by atoms with Gasteiger partial charge >= 0.3 is 0 Å². The minimum Gasteiger partial charge on any atom is -0.259 e. The number of pyridine rings is 1. The fourth-order valence-corrected chi connectivity index (χ4v) is 3.19. The number of hydrogen-bond acceptors (Lipinski definition) is 1. The molecule has 0 amide bonds. The highest BCUT2D eigenvalue weighted by Crippen LogP contribution is 2.33. The third-order valence-corrected chi connectivity index (χ3v) is 4.58. The van der Waals surface area contributed by atoms with E-state index in [0.29, 0.717) is 0 Å². The van der Waals surface area contributed by atoms with Crippen molar-refractivity contribution in [3.05, 3.63) is 66.0 Å². The lowest BCUT2D eigenvalue weighted by Crippen LogP contribution is -2.10. The molecule has 3 aromatic rings. The summed E-state index contributed by atoms with van der Waals surface area (Å²) < 4.78 is 0. The van der Waals surface area contributed by atoms with Crippen LogP contribution in [0.15, 0.2) is 54.7 Å².